The Morgan fingerprint density at radius 3 is 2.20 bits per heavy atom. The lowest BCUT2D eigenvalue weighted by Gasteiger charge is -2.34. The highest BCUT2D eigenvalue weighted by Crippen LogP contribution is 2.35. The van der Waals surface area contributed by atoms with Gasteiger partial charge in [0.1, 0.15) is 31.6 Å². The van der Waals surface area contributed by atoms with Crippen molar-refractivity contribution in [1.82, 2.24) is 10.2 Å². The monoisotopic (exact) mass is 727 g/mol. The Morgan fingerprint density at radius 1 is 0.898 bits per heavy atom. The van der Waals surface area contributed by atoms with Crippen LogP contribution in [0.2, 0.25) is 10.0 Å². The Morgan fingerprint density at radius 2 is 1.55 bits per heavy atom. The zero-order valence-electron chi connectivity index (χ0n) is 26.9. The maximum absolute atomic E-state index is 14.7. The molecule has 2 atom stereocenters. The molecule has 1 heterocycles. The lowest BCUT2D eigenvalue weighted by molar-refractivity contribution is -0.140. The molecule has 1 N–H and O–H groups in total. The molecule has 4 aromatic rings. The predicted octanol–water partition coefficient (Wildman–Crippen LogP) is 6.65. The van der Waals surface area contributed by atoms with Gasteiger partial charge in [0.15, 0.2) is 11.5 Å². The average Bonchev–Trinajstić information content (AvgIpc) is 3.10. The number of fused-ring (bicyclic) bond motifs is 1. The Labute approximate surface area is 295 Å². The molecule has 2 amide bonds. The molecule has 0 spiro atoms. The third-order valence-corrected chi connectivity index (χ3v) is 10.6. The molecule has 49 heavy (non-hydrogen) atoms. The average molecular weight is 729 g/mol. The summed E-state index contributed by atoms with van der Waals surface area (Å²) in [5.74, 6) is -1.13. The molecule has 13 heteroatoms. The molecule has 1 aliphatic heterocycles. The molecule has 9 nitrogen and oxygen atoms in total. The van der Waals surface area contributed by atoms with Gasteiger partial charge in [-0.05, 0) is 67.4 Å². The molecule has 0 saturated heterocycles. The number of anilines is 1. The second kappa shape index (κ2) is 15.9. The Balaban J connectivity index is 1.60. The van der Waals surface area contributed by atoms with Crippen molar-refractivity contribution < 1.29 is 31.9 Å². The van der Waals surface area contributed by atoms with E-state index in [1.54, 1.807) is 18.2 Å². The highest BCUT2D eigenvalue weighted by atomic mass is 35.5. The fraction of sp³-hybridized carbons (Fsp3) is 0.278. The van der Waals surface area contributed by atoms with Crippen molar-refractivity contribution in [2.75, 3.05) is 24.1 Å². The second-order valence-corrected chi connectivity index (χ2v) is 14.2. The molecule has 0 fully saturated rings. The van der Waals surface area contributed by atoms with Crippen LogP contribution in [0.25, 0.3) is 0 Å². The predicted molar refractivity (Wildman–Crippen MR) is 187 cm³/mol. The van der Waals surface area contributed by atoms with Crippen molar-refractivity contribution in [2.45, 2.75) is 50.2 Å². The SMILES string of the molecule is CC[C@H](C)NC(=O)[C@H](Cc1ccccc1)N(Cc1c(Cl)cccc1Cl)C(=O)CN(c1ccc(F)cc1)S(=O)(=O)c1ccc2c(c1)OCCO2. The van der Waals surface area contributed by atoms with Crippen molar-refractivity contribution in [2.24, 2.45) is 0 Å². The molecule has 1 aliphatic rings. The van der Waals surface area contributed by atoms with E-state index in [1.807, 2.05) is 44.2 Å². The number of ether oxygens (including phenoxy) is 2. The van der Waals surface area contributed by atoms with E-state index in [-0.39, 0.29) is 52.0 Å². The maximum Gasteiger partial charge on any atom is 0.264 e. The zero-order chi connectivity index (χ0) is 35.1. The van der Waals surface area contributed by atoms with E-state index in [4.69, 9.17) is 32.7 Å². The van der Waals surface area contributed by atoms with Crippen LogP contribution in [-0.2, 0) is 32.6 Å². The van der Waals surface area contributed by atoms with Gasteiger partial charge < -0.3 is 19.7 Å². The number of rotatable bonds is 13. The summed E-state index contributed by atoms with van der Waals surface area (Å²) in [6.45, 7) is 3.38. The largest absolute Gasteiger partial charge is 0.486 e. The van der Waals surface area contributed by atoms with Crippen LogP contribution in [-0.4, -0.2) is 57.0 Å². The van der Waals surface area contributed by atoms with Crippen LogP contribution in [0.5, 0.6) is 11.5 Å². The summed E-state index contributed by atoms with van der Waals surface area (Å²) in [7, 11) is -4.47. The van der Waals surface area contributed by atoms with Crippen LogP contribution in [0.3, 0.4) is 0 Å². The minimum atomic E-state index is -4.47. The van der Waals surface area contributed by atoms with Gasteiger partial charge in [0.25, 0.3) is 10.0 Å². The molecule has 0 saturated carbocycles. The summed E-state index contributed by atoms with van der Waals surface area (Å²) in [5.41, 5.74) is 1.19. The van der Waals surface area contributed by atoms with Crippen LogP contribution in [0.4, 0.5) is 10.1 Å². The van der Waals surface area contributed by atoms with Crippen molar-refractivity contribution in [3.63, 3.8) is 0 Å². The summed E-state index contributed by atoms with van der Waals surface area (Å²) < 4.78 is 54.8. The first-order chi connectivity index (χ1) is 23.5. The van der Waals surface area contributed by atoms with Crippen LogP contribution in [0, 0.1) is 5.82 Å². The molecule has 258 valence electrons. The van der Waals surface area contributed by atoms with Gasteiger partial charge >= 0.3 is 0 Å². The number of carbonyl (C=O) groups excluding carboxylic acids is 2. The summed E-state index contributed by atoms with van der Waals surface area (Å²) in [6.07, 6.45) is 0.753. The summed E-state index contributed by atoms with van der Waals surface area (Å²) in [4.78, 5) is 29.8. The fourth-order valence-corrected chi connectivity index (χ4v) is 7.24. The number of carbonyl (C=O) groups is 2. The first kappa shape index (κ1) is 36.0. The smallest absolute Gasteiger partial charge is 0.264 e. The van der Waals surface area contributed by atoms with E-state index in [0.717, 1.165) is 22.0 Å². The van der Waals surface area contributed by atoms with Gasteiger partial charge in [-0.2, -0.15) is 0 Å². The second-order valence-electron chi connectivity index (χ2n) is 11.5. The van der Waals surface area contributed by atoms with E-state index in [0.29, 0.717) is 24.3 Å². The minimum Gasteiger partial charge on any atom is -0.486 e. The van der Waals surface area contributed by atoms with Gasteiger partial charge in [-0.15, -0.1) is 0 Å². The van der Waals surface area contributed by atoms with E-state index >= 15 is 0 Å². The number of halogens is 3. The number of nitrogens with zero attached hydrogens (tertiary/aromatic N) is 2. The van der Waals surface area contributed by atoms with Crippen molar-refractivity contribution in [1.29, 1.82) is 0 Å². The summed E-state index contributed by atoms with van der Waals surface area (Å²) >= 11 is 13.1. The standard InChI is InChI=1S/C36H36Cl2FN3O6S/c1-3-24(2)40-36(44)32(20-25-8-5-4-6-9-25)41(22-29-30(37)10-7-11-31(29)38)35(43)23-42(27-14-12-26(39)13-15-27)49(45,46)28-16-17-33-34(21-28)48-19-18-47-33/h4-17,21,24,32H,3,18-20,22-23H2,1-2H3,(H,40,44)/t24-,32-/m0/s1. The van der Waals surface area contributed by atoms with Crippen molar-refractivity contribution in [3.8, 4) is 11.5 Å². The number of benzene rings is 4. The highest BCUT2D eigenvalue weighted by molar-refractivity contribution is 7.92. The van der Waals surface area contributed by atoms with Gasteiger partial charge in [-0.1, -0.05) is 66.5 Å². The van der Waals surface area contributed by atoms with Crippen LogP contribution < -0.4 is 19.1 Å². The highest BCUT2D eigenvalue weighted by Gasteiger charge is 2.36. The third-order valence-electron chi connectivity index (χ3n) is 8.16. The van der Waals surface area contributed by atoms with Crippen LogP contribution >= 0.6 is 23.2 Å². The third kappa shape index (κ3) is 8.65. The topological polar surface area (TPSA) is 105 Å². The zero-order valence-corrected chi connectivity index (χ0v) is 29.3. The van der Waals surface area contributed by atoms with Gasteiger partial charge in [0.05, 0.1) is 10.6 Å². The first-order valence-electron chi connectivity index (χ1n) is 15.7. The molecule has 4 aromatic carbocycles. The maximum atomic E-state index is 14.7. The summed E-state index contributed by atoms with van der Waals surface area (Å²) in [6, 6.07) is 21.7. The number of amides is 2. The van der Waals surface area contributed by atoms with Crippen molar-refractivity contribution >= 4 is 50.7 Å². The normalized spacial score (nSPS) is 13.7. The molecule has 0 unspecified atom stereocenters. The van der Waals surface area contributed by atoms with E-state index < -0.39 is 40.2 Å². The van der Waals surface area contributed by atoms with Gasteiger partial charge in [-0.3, -0.25) is 13.9 Å². The molecule has 5 rings (SSSR count). The number of hydrogen-bond donors (Lipinski definition) is 1. The number of nitrogens with one attached hydrogen (secondary N) is 1. The van der Waals surface area contributed by atoms with Crippen molar-refractivity contribution in [3.05, 3.63) is 118 Å². The molecular formula is C36H36Cl2FN3O6S. The fourth-order valence-electron chi connectivity index (χ4n) is 5.30. The number of sulfonamides is 1. The number of hydrogen-bond acceptors (Lipinski definition) is 6. The lowest BCUT2D eigenvalue weighted by atomic mass is 10.0. The molecule has 0 aliphatic carbocycles. The van der Waals surface area contributed by atoms with Gasteiger partial charge in [0.2, 0.25) is 11.8 Å². The molecule has 0 aromatic heterocycles. The van der Waals surface area contributed by atoms with E-state index in [2.05, 4.69) is 5.32 Å². The molecule has 0 radical (unpaired) electrons. The lowest BCUT2D eigenvalue weighted by Crippen LogP contribution is -2.54. The Bertz CT molecular complexity index is 1880. The van der Waals surface area contributed by atoms with E-state index in [1.165, 1.54) is 35.2 Å². The summed E-state index contributed by atoms with van der Waals surface area (Å²) in [5, 5.41) is 3.52. The molecule has 0 bridgehead atoms. The quantitative estimate of drug-likeness (QED) is 0.165. The Hall–Kier alpha value is -4.32. The van der Waals surface area contributed by atoms with Gasteiger partial charge in [-0.25, -0.2) is 12.8 Å². The van der Waals surface area contributed by atoms with Crippen LogP contribution in [0.1, 0.15) is 31.4 Å². The Kier molecular flexibility index (Phi) is 11.7. The van der Waals surface area contributed by atoms with E-state index in [9.17, 15) is 22.4 Å². The minimum absolute atomic E-state index is 0.0315. The van der Waals surface area contributed by atoms with Gasteiger partial charge in [0, 0.05) is 40.7 Å². The molecular weight excluding hydrogens is 692 g/mol. The van der Waals surface area contributed by atoms with Crippen LogP contribution in [0.15, 0.2) is 95.9 Å². The first-order valence-corrected chi connectivity index (χ1v) is 17.9.